The fraction of sp³-hybridized carbons (Fsp3) is 0.882. The van der Waals surface area contributed by atoms with Crippen LogP contribution in [-0.2, 0) is 0 Å². The predicted molar refractivity (Wildman–Crippen MR) is 88.2 cm³/mol. The smallest absolute Gasteiger partial charge is 0.0540 e. The Labute approximate surface area is 131 Å². The zero-order chi connectivity index (χ0) is 13.7. The molecule has 3 aliphatic rings. The van der Waals surface area contributed by atoms with Crippen LogP contribution in [0.3, 0.4) is 0 Å². The third kappa shape index (κ3) is 2.41. The summed E-state index contributed by atoms with van der Waals surface area (Å²) in [6.45, 7) is 4.99. The Morgan fingerprint density at radius 2 is 1.79 bits per heavy atom. The van der Waals surface area contributed by atoms with E-state index in [0.29, 0.717) is 10.8 Å². The lowest BCUT2D eigenvalue weighted by Crippen LogP contribution is -2.40. The lowest BCUT2D eigenvalue weighted by Gasteiger charge is -2.49. The van der Waals surface area contributed by atoms with Crippen LogP contribution >= 0.6 is 22.6 Å². The zero-order valence-corrected chi connectivity index (χ0v) is 14.4. The molecule has 2 fully saturated rings. The molecule has 2 unspecified atom stereocenters. The average Bonchev–Trinajstić information content (AvgIpc) is 2.69. The monoisotopic (exact) mass is 374 g/mol. The third-order valence-electron chi connectivity index (χ3n) is 6.69. The second kappa shape index (κ2) is 5.01. The van der Waals surface area contributed by atoms with E-state index in [1.165, 1.54) is 38.5 Å². The van der Waals surface area contributed by atoms with Crippen LogP contribution in [-0.4, -0.2) is 11.2 Å². The van der Waals surface area contributed by atoms with Gasteiger partial charge in [0.15, 0.2) is 0 Å². The highest BCUT2D eigenvalue weighted by Gasteiger charge is 2.48. The van der Waals surface area contributed by atoms with Crippen molar-refractivity contribution in [1.29, 1.82) is 0 Å². The summed E-state index contributed by atoms with van der Waals surface area (Å²) in [7, 11) is 0. The first-order valence-electron chi connectivity index (χ1n) is 7.98. The Morgan fingerprint density at radius 1 is 1.11 bits per heavy atom. The highest BCUT2D eigenvalue weighted by atomic mass is 127. The fourth-order valence-corrected chi connectivity index (χ4v) is 5.82. The number of allylic oxidation sites excluding steroid dienone is 2. The summed E-state index contributed by atoms with van der Waals surface area (Å²) < 4.78 is 1.62. The molecule has 3 atom stereocenters. The van der Waals surface area contributed by atoms with Crippen LogP contribution in [0, 0.1) is 22.7 Å². The fourth-order valence-electron chi connectivity index (χ4n) is 4.85. The normalized spacial score (nSPS) is 50.7. The summed E-state index contributed by atoms with van der Waals surface area (Å²) in [5.41, 5.74) is 1.01. The first-order chi connectivity index (χ1) is 8.94. The molecule has 108 valence electrons. The third-order valence-corrected chi connectivity index (χ3v) is 8.36. The largest absolute Gasteiger partial charge is 0.393 e. The molecular formula is C17H27IO. The molecule has 2 heteroatoms. The molecule has 3 rings (SSSR count). The highest BCUT2D eigenvalue weighted by molar-refractivity contribution is 14.1. The van der Waals surface area contributed by atoms with E-state index in [1.807, 2.05) is 0 Å². The molecule has 0 saturated heterocycles. The van der Waals surface area contributed by atoms with Crippen LogP contribution < -0.4 is 0 Å². The van der Waals surface area contributed by atoms with Crippen LogP contribution in [0.5, 0.6) is 0 Å². The lowest BCUT2D eigenvalue weighted by molar-refractivity contribution is -0.00375. The predicted octanol–water partition coefficient (Wildman–Crippen LogP) is 5.07. The van der Waals surface area contributed by atoms with E-state index in [0.717, 1.165) is 24.7 Å². The standard InChI is InChI=1S/C17H27IO/c1-16(8-6-14(19)7-9-16)12-5-10-17(2)13(11-12)3-4-15(17)18/h4,12-14,19H,3,5-11H2,1-2H3/t12?,13?,14?,16?,17-/m0/s1. The molecule has 0 amide bonds. The number of aliphatic hydroxyl groups excluding tert-OH is 1. The topological polar surface area (TPSA) is 20.2 Å². The number of hydrogen-bond donors (Lipinski definition) is 1. The molecule has 0 aromatic carbocycles. The van der Waals surface area contributed by atoms with Gasteiger partial charge < -0.3 is 5.11 Å². The van der Waals surface area contributed by atoms with Crippen molar-refractivity contribution in [3.63, 3.8) is 0 Å². The van der Waals surface area contributed by atoms with E-state index in [4.69, 9.17) is 0 Å². The quantitative estimate of drug-likeness (QED) is 0.635. The Kier molecular flexibility index (Phi) is 3.79. The summed E-state index contributed by atoms with van der Waals surface area (Å²) >= 11 is 2.58. The molecule has 0 aliphatic heterocycles. The molecule has 0 aromatic heterocycles. The minimum absolute atomic E-state index is 0.0176. The van der Waals surface area contributed by atoms with E-state index in [9.17, 15) is 5.11 Å². The van der Waals surface area contributed by atoms with Crippen LogP contribution in [0.15, 0.2) is 9.66 Å². The maximum Gasteiger partial charge on any atom is 0.0540 e. The lowest BCUT2D eigenvalue weighted by atomic mass is 9.56. The maximum absolute atomic E-state index is 9.76. The van der Waals surface area contributed by atoms with Gasteiger partial charge in [-0.3, -0.25) is 0 Å². The van der Waals surface area contributed by atoms with Gasteiger partial charge in [0.25, 0.3) is 0 Å². The van der Waals surface area contributed by atoms with Gasteiger partial charge in [-0.1, -0.05) is 19.9 Å². The van der Waals surface area contributed by atoms with Crippen molar-refractivity contribution in [1.82, 2.24) is 0 Å². The molecule has 1 N–H and O–H groups in total. The summed E-state index contributed by atoms with van der Waals surface area (Å²) in [6.07, 6.45) is 12.5. The van der Waals surface area contributed by atoms with Crippen LogP contribution in [0.25, 0.3) is 0 Å². The van der Waals surface area contributed by atoms with Crippen LogP contribution in [0.2, 0.25) is 0 Å². The minimum atomic E-state index is -0.0176. The number of rotatable bonds is 1. The Bertz CT molecular complexity index is 381. The molecular weight excluding hydrogens is 347 g/mol. The molecule has 2 saturated carbocycles. The summed E-state index contributed by atoms with van der Waals surface area (Å²) in [5, 5.41) is 9.76. The molecule has 0 heterocycles. The molecule has 0 bridgehead atoms. The van der Waals surface area contributed by atoms with Gasteiger partial charge in [0.2, 0.25) is 0 Å². The van der Waals surface area contributed by atoms with Gasteiger partial charge >= 0.3 is 0 Å². The van der Waals surface area contributed by atoms with Crippen molar-refractivity contribution in [2.45, 2.75) is 71.3 Å². The zero-order valence-electron chi connectivity index (χ0n) is 12.3. The second-order valence-electron chi connectivity index (χ2n) is 7.76. The van der Waals surface area contributed by atoms with Crippen LogP contribution in [0.4, 0.5) is 0 Å². The van der Waals surface area contributed by atoms with Crippen molar-refractivity contribution in [2.75, 3.05) is 0 Å². The molecule has 1 nitrogen and oxygen atoms in total. The van der Waals surface area contributed by atoms with E-state index in [1.54, 1.807) is 3.58 Å². The Hall–Kier alpha value is 0.430. The Morgan fingerprint density at radius 3 is 2.47 bits per heavy atom. The Balaban J connectivity index is 1.69. The second-order valence-corrected chi connectivity index (χ2v) is 8.92. The van der Waals surface area contributed by atoms with Crippen molar-refractivity contribution < 1.29 is 5.11 Å². The van der Waals surface area contributed by atoms with Gasteiger partial charge in [-0.25, -0.2) is 0 Å². The summed E-state index contributed by atoms with van der Waals surface area (Å²) in [6, 6.07) is 0. The van der Waals surface area contributed by atoms with E-state index in [-0.39, 0.29) is 6.10 Å². The number of halogens is 1. The highest BCUT2D eigenvalue weighted by Crippen LogP contribution is 2.60. The van der Waals surface area contributed by atoms with Gasteiger partial charge in [0, 0.05) is 5.41 Å². The van der Waals surface area contributed by atoms with E-state index in [2.05, 4.69) is 42.5 Å². The van der Waals surface area contributed by atoms with Crippen molar-refractivity contribution in [2.24, 2.45) is 22.7 Å². The van der Waals surface area contributed by atoms with Gasteiger partial charge in [0.1, 0.15) is 0 Å². The summed E-state index contributed by atoms with van der Waals surface area (Å²) in [5.74, 6) is 1.79. The van der Waals surface area contributed by atoms with E-state index < -0.39 is 0 Å². The molecule has 0 aromatic rings. The van der Waals surface area contributed by atoms with E-state index >= 15 is 0 Å². The number of aliphatic hydroxyl groups is 1. The van der Waals surface area contributed by atoms with Crippen molar-refractivity contribution in [3.8, 4) is 0 Å². The summed E-state index contributed by atoms with van der Waals surface area (Å²) in [4.78, 5) is 0. The van der Waals surface area contributed by atoms with Gasteiger partial charge in [-0.15, -0.1) is 0 Å². The van der Waals surface area contributed by atoms with Gasteiger partial charge in [-0.2, -0.15) is 0 Å². The maximum atomic E-state index is 9.76. The molecule has 0 spiro atoms. The number of hydrogen-bond acceptors (Lipinski definition) is 1. The molecule has 19 heavy (non-hydrogen) atoms. The van der Waals surface area contributed by atoms with Crippen molar-refractivity contribution >= 4 is 22.6 Å². The van der Waals surface area contributed by atoms with Crippen LogP contribution in [0.1, 0.15) is 65.2 Å². The number of fused-ring (bicyclic) bond motifs is 1. The molecule has 0 radical (unpaired) electrons. The first-order valence-corrected chi connectivity index (χ1v) is 9.06. The molecule has 3 aliphatic carbocycles. The SMILES string of the molecule is CC1(C2CC[C@]3(C)C(I)=CCC3C2)CCC(O)CC1. The minimum Gasteiger partial charge on any atom is -0.393 e. The van der Waals surface area contributed by atoms with Gasteiger partial charge in [0.05, 0.1) is 6.10 Å². The van der Waals surface area contributed by atoms with Crippen molar-refractivity contribution in [3.05, 3.63) is 9.66 Å². The van der Waals surface area contributed by atoms with Gasteiger partial charge in [-0.05, 0) is 94.8 Å². The average molecular weight is 374 g/mol. The first kappa shape index (κ1) is 14.4.